The maximum atomic E-state index is 12.6. The number of carbonyl (C=O) groups is 1. The second kappa shape index (κ2) is 7.21. The number of pyridine rings is 1. The number of ether oxygens (including phenoxy) is 1. The fourth-order valence-electron chi connectivity index (χ4n) is 3.59. The van der Waals surface area contributed by atoms with Gasteiger partial charge >= 0.3 is 0 Å². The molecule has 0 fully saturated rings. The average Bonchev–Trinajstić information content (AvgIpc) is 3.30. The lowest BCUT2D eigenvalue weighted by molar-refractivity contribution is -0.121. The van der Waals surface area contributed by atoms with E-state index in [0.717, 1.165) is 33.1 Å². The summed E-state index contributed by atoms with van der Waals surface area (Å²) in [6.07, 6.45) is 6.44. The van der Waals surface area contributed by atoms with E-state index in [1.165, 1.54) is 6.07 Å². The molecule has 0 saturated carbocycles. The molecular formula is C21H18N4O3S. The molecule has 4 heterocycles. The number of thiazole rings is 1. The molecule has 0 saturated heterocycles. The maximum Gasteiger partial charge on any atom is 0.247 e. The fraction of sp³-hybridized carbons (Fsp3) is 0.190. The summed E-state index contributed by atoms with van der Waals surface area (Å²) in [4.78, 5) is 32.0. The number of nitrogens with one attached hydrogen (secondary N) is 2. The molecule has 7 nitrogen and oxygen atoms in total. The van der Waals surface area contributed by atoms with Crippen molar-refractivity contribution >= 4 is 22.2 Å². The van der Waals surface area contributed by atoms with E-state index in [1.54, 1.807) is 23.6 Å². The van der Waals surface area contributed by atoms with E-state index in [-0.39, 0.29) is 23.9 Å². The minimum Gasteiger partial charge on any atom is -0.493 e. The molecule has 1 unspecified atom stereocenters. The van der Waals surface area contributed by atoms with Crippen molar-refractivity contribution in [3.63, 3.8) is 0 Å². The summed E-state index contributed by atoms with van der Waals surface area (Å²) in [7, 11) is 0. The topological polar surface area (TPSA) is 88.5 Å². The third kappa shape index (κ3) is 3.54. The van der Waals surface area contributed by atoms with Crippen molar-refractivity contribution < 1.29 is 9.53 Å². The molecule has 0 aliphatic carbocycles. The van der Waals surface area contributed by atoms with Crippen LogP contribution in [0.1, 0.15) is 23.7 Å². The van der Waals surface area contributed by atoms with E-state index in [4.69, 9.17) is 4.74 Å². The predicted molar refractivity (Wildman–Crippen MR) is 110 cm³/mol. The highest BCUT2D eigenvalue weighted by molar-refractivity contribution is 7.15. The number of imidazole rings is 1. The van der Waals surface area contributed by atoms with Gasteiger partial charge in [-0.1, -0.05) is 6.07 Å². The Morgan fingerprint density at radius 1 is 1.31 bits per heavy atom. The van der Waals surface area contributed by atoms with E-state index >= 15 is 0 Å². The van der Waals surface area contributed by atoms with Gasteiger partial charge in [0.25, 0.3) is 0 Å². The molecular weight excluding hydrogens is 388 g/mol. The highest BCUT2D eigenvalue weighted by atomic mass is 32.1. The summed E-state index contributed by atoms with van der Waals surface area (Å²) >= 11 is 1.54. The normalized spacial score (nSPS) is 15.7. The minimum atomic E-state index is -0.140. The zero-order chi connectivity index (χ0) is 19.8. The molecule has 5 rings (SSSR count). The summed E-state index contributed by atoms with van der Waals surface area (Å²) < 4.78 is 7.69. The van der Waals surface area contributed by atoms with Crippen LogP contribution in [0.2, 0.25) is 0 Å². The van der Waals surface area contributed by atoms with Crippen molar-refractivity contribution in [2.75, 3.05) is 6.61 Å². The summed E-state index contributed by atoms with van der Waals surface area (Å²) in [6, 6.07) is 9.03. The molecule has 29 heavy (non-hydrogen) atoms. The molecule has 4 aromatic rings. The van der Waals surface area contributed by atoms with E-state index in [2.05, 4.69) is 15.3 Å². The number of fused-ring (bicyclic) bond motifs is 2. The highest BCUT2D eigenvalue weighted by Crippen LogP contribution is 2.35. The third-order valence-corrected chi connectivity index (χ3v) is 5.76. The zero-order valence-electron chi connectivity index (χ0n) is 15.4. The van der Waals surface area contributed by atoms with Gasteiger partial charge in [-0.2, -0.15) is 0 Å². The zero-order valence-corrected chi connectivity index (χ0v) is 16.2. The Morgan fingerprint density at radius 3 is 3.03 bits per heavy atom. The van der Waals surface area contributed by atoms with E-state index in [1.807, 2.05) is 40.4 Å². The third-order valence-electron chi connectivity index (χ3n) is 4.99. The monoisotopic (exact) mass is 406 g/mol. The molecule has 0 radical (unpaired) electrons. The van der Waals surface area contributed by atoms with Crippen molar-refractivity contribution in [1.29, 1.82) is 0 Å². The van der Waals surface area contributed by atoms with Crippen LogP contribution in [0.5, 0.6) is 5.75 Å². The SMILES string of the molecule is O=C(Cc1cn2ccsc2n1)NC1CCOc2ccc(-c3ccc(=O)[nH]c3)cc21. The van der Waals surface area contributed by atoms with Crippen LogP contribution < -0.4 is 15.6 Å². The second-order valence-electron chi connectivity index (χ2n) is 6.95. The van der Waals surface area contributed by atoms with Crippen molar-refractivity contribution in [3.05, 3.63) is 75.9 Å². The van der Waals surface area contributed by atoms with Gasteiger partial charge in [0.05, 0.1) is 24.8 Å². The first-order valence-electron chi connectivity index (χ1n) is 9.32. The molecule has 8 heteroatoms. The van der Waals surface area contributed by atoms with Gasteiger partial charge in [-0.25, -0.2) is 4.98 Å². The molecule has 0 spiro atoms. The first kappa shape index (κ1) is 17.7. The van der Waals surface area contributed by atoms with Crippen LogP contribution in [0.4, 0.5) is 0 Å². The van der Waals surface area contributed by atoms with Crippen LogP contribution in [0.25, 0.3) is 16.1 Å². The number of H-pyrrole nitrogens is 1. The van der Waals surface area contributed by atoms with Crippen molar-refractivity contribution in [2.24, 2.45) is 0 Å². The molecule has 0 bridgehead atoms. The maximum absolute atomic E-state index is 12.6. The standard InChI is InChI=1S/C21H18N4O3S/c26-19-4-2-14(11-22-19)13-1-3-18-16(9-13)17(5-7-28-18)24-20(27)10-15-12-25-6-8-29-21(25)23-15/h1-4,6,8-9,11-12,17H,5,7,10H2,(H,22,26)(H,24,27). The smallest absolute Gasteiger partial charge is 0.247 e. The predicted octanol–water partition coefficient (Wildman–Crippen LogP) is 2.93. The van der Waals surface area contributed by atoms with E-state index in [9.17, 15) is 9.59 Å². The summed E-state index contributed by atoms with van der Waals surface area (Å²) in [6.45, 7) is 0.552. The number of aromatic nitrogens is 3. The highest BCUT2D eigenvalue weighted by Gasteiger charge is 2.24. The molecule has 1 atom stereocenters. The molecule has 1 aliphatic rings. The fourth-order valence-corrected chi connectivity index (χ4v) is 4.30. The number of hydrogen-bond donors (Lipinski definition) is 2. The average molecular weight is 406 g/mol. The lowest BCUT2D eigenvalue weighted by Gasteiger charge is -2.27. The number of benzene rings is 1. The van der Waals surface area contributed by atoms with Crippen LogP contribution >= 0.6 is 11.3 Å². The Bertz CT molecular complexity index is 1210. The minimum absolute atomic E-state index is 0.0666. The van der Waals surface area contributed by atoms with Crippen LogP contribution in [0.15, 0.2) is 59.1 Å². The number of aromatic amines is 1. The Hall–Kier alpha value is -3.39. The number of carbonyl (C=O) groups excluding carboxylic acids is 1. The number of hydrogen-bond acceptors (Lipinski definition) is 5. The van der Waals surface area contributed by atoms with Crippen LogP contribution in [0, 0.1) is 0 Å². The summed E-state index contributed by atoms with van der Waals surface area (Å²) in [5.41, 5.74) is 3.42. The number of rotatable bonds is 4. The van der Waals surface area contributed by atoms with Gasteiger partial charge in [0.1, 0.15) is 5.75 Å². The van der Waals surface area contributed by atoms with E-state index < -0.39 is 0 Å². The van der Waals surface area contributed by atoms with E-state index in [0.29, 0.717) is 13.0 Å². The molecule has 3 aromatic heterocycles. The van der Waals surface area contributed by atoms with Crippen molar-refractivity contribution in [2.45, 2.75) is 18.9 Å². The van der Waals surface area contributed by atoms with Gasteiger partial charge in [0, 0.05) is 42.0 Å². The van der Waals surface area contributed by atoms with Gasteiger partial charge in [0.15, 0.2) is 4.96 Å². The molecule has 1 aromatic carbocycles. The van der Waals surface area contributed by atoms with Crippen LogP contribution in [-0.4, -0.2) is 26.9 Å². The number of nitrogens with zero attached hydrogens (tertiary/aromatic N) is 2. The lowest BCUT2D eigenvalue weighted by atomic mass is 9.96. The Morgan fingerprint density at radius 2 is 2.21 bits per heavy atom. The quantitative estimate of drug-likeness (QED) is 0.545. The second-order valence-corrected chi connectivity index (χ2v) is 7.83. The van der Waals surface area contributed by atoms with Gasteiger partial charge < -0.3 is 15.0 Å². The lowest BCUT2D eigenvalue weighted by Crippen LogP contribution is -2.33. The Labute approximate surface area is 170 Å². The van der Waals surface area contributed by atoms with Gasteiger partial charge in [-0.05, 0) is 29.3 Å². The van der Waals surface area contributed by atoms with Crippen LogP contribution in [-0.2, 0) is 11.2 Å². The van der Waals surface area contributed by atoms with Gasteiger partial charge in [-0.15, -0.1) is 11.3 Å². The molecule has 2 N–H and O–H groups in total. The number of amides is 1. The van der Waals surface area contributed by atoms with Crippen LogP contribution in [0.3, 0.4) is 0 Å². The Balaban J connectivity index is 1.36. The summed E-state index contributed by atoms with van der Waals surface area (Å²) in [5.74, 6) is 0.709. The summed E-state index contributed by atoms with van der Waals surface area (Å²) in [5, 5.41) is 5.09. The first-order chi connectivity index (χ1) is 14.2. The van der Waals surface area contributed by atoms with Gasteiger partial charge in [-0.3, -0.25) is 14.0 Å². The molecule has 1 amide bonds. The first-order valence-corrected chi connectivity index (χ1v) is 10.2. The Kier molecular flexibility index (Phi) is 4.40. The van der Waals surface area contributed by atoms with Gasteiger partial charge in [0.2, 0.25) is 11.5 Å². The molecule has 1 aliphatic heterocycles. The van der Waals surface area contributed by atoms with Crippen molar-refractivity contribution in [3.8, 4) is 16.9 Å². The largest absolute Gasteiger partial charge is 0.493 e. The molecule has 146 valence electrons. The van der Waals surface area contributed by atoms with Crippen molar-refractivity contribution in [1.82, 2.24) is 19.7 Å².